The van der Waals surface area contributed by atoms with Crippen molar-refractivity contribution in [1.29, 1.82) is 0 Å². The van der Waals surface area contributed by atoms with Gasteiger partial charge in [0.05, 0.1) is 10.6 Å². The average Bonchev–Trinajstić information content (AvgIpc) is 3.03. The molecule has 0 bridgehead atoms. The van der Waals surface area contributed by atoms with Gasteiger partial charge in [-0.15, -0.1) is 16.4 Å². The summed E-state index contributed by atoms with van der Waals surface area (Å²) in [6.45, 7) is 5.35. The van der Waals surface area contributed by atoms with Crippen LogP contribution in [0.15, 0.2) is 15.9 Å². The first kappa shape index (κ1) is 15.1. The molecule has 6 heteroatoms. The summed E-state index contributed by atoms with van der Waals surface area (Å²) in [5.41, 5.74) is 1.13. The molecule has 0 amide bonds. The van der Waals surface area contributed by atoms with Gasteiger partial charge in [-0.05, 0) is 58.3 Å². The van der Waals surface area contributed by atoms with E-state index in [4.69, 9.17) is 0 Å². The van der Waals surface area contributed by atoms with Gasteiger partial charge in [-0.1, -0.05) is 18.3 Å². The average molecular weight is 360 g/mol. The third-order valence-electron chi connectivity index (χ3n) is 2.96. The van der Waals surface area contributed by atoms with E-state index in [1.807, 2.05) is 0 Å². The largest absolute Gasteiger partial charge is 0.309 e. The van der Waals surface area contributed by atoms with Gasteiger partial charge in [0.15, 0.2) is 0 Å². The number of nitrogens with zero attached hydrogens (tertiary/aromatic N) is 2. The third kappa shape index (κ3) is 3.84. The number of aryl methyl sites for hydroxylation is 1. The van der Waals surface area contributed by atoms with Crippen molar-refractivity contribution in [3.8, 4) is 0 Å². The van der Waals surface area contributed by atoms with Crippen LogP contribution in [0.4, 0.5) is 0 Å². The molecule has 0 aliphatic rings. The molecule has 2 rings (SSSR count). The fourth-order valence-corrected chi connectivity index (χ4v) is 4.33. The molecular formula is C13H18BrN3S2. The topological polar surface area (TPSA) is 37.8 Å². The first-order valence-corrected chi connectivity index (χ1v) is 8.97. The van der Waals surface area contributed by atoms with Crippen LogP contribution in [0.5, 0.6) is 0 Å². The van der Waals surface area contributed by atoms with E-state index in [-0.39, 0.29) is 0 Å². The molecule has 1 atom stereocenters. The summed E-state index contributed by atoms with van der Waals surface area (Å²) in [5.74, 6) is 0. The molecule has 0 saturated heterocycles. The molecule has 0 radical (unpaired) electrons. The van der Waals surface area contributed by atoms with Gasteiger partial charge < -0.3 is 5.32 Å². The molecular weight excluding hydrogens is 342 g/mol. The van der Waals surface area contributed by atoms with Crippen molar-refractivity contribution in [1.82, 2.24) is 14.9 Å². The van der Waals surface area contributed by atoms with E-state index < -0.39 is 0 Å². The lowest BCUT2D eigenvalue weighted by Crippen LogP contribution is -2.24. The fraction of sp³-hybridized carbons (Fsp3) is 0.538. The zero-order valence-electron chi connectivity index (χ0n) is 11.1. The monoisotopic (exact) mass is 359 g/mol. The summed E-state index contributed by atoms with van der Waals surface area (Å²) in [4.78, 5) is 2.67. The second-order valence-electron chi connectivity index (χ2n) is 4.34. The smallest absolute Gasteiger partial charge is 0.0801 e. The zero-order chi connectivity index (χ0) is 13.7. The van der Waals surface area contributed by atoms with Gasteiger partial charge in [0.2, 0.25) is 0 Å². The van der Waals surface area contributed by atoms with Crippen LogP contribution in [-0.2, 0) is 12.8 Å². The quantitative estimate of drug-likeness (QED) is 0.804. The molecule has 1 N–H and O–H groups in total. The molecule has 2 heterocycles. The van der Waals surface area contributed by atoms with Crippen molar-refractivity contribution in [3.63, 3.8) is 0 Å². The van der Waals surface area contributed by atoms with Crippen molar-refractivity contribution in [2.45, 2.75) is 39.2 Å². The summed E-state index contributed by atoms with van der Waals surface area (Å²) in [6.07, 6.45) is 3.08. The van der Waals surface area contributed by atoms with Gasteiger partial charge in [0, 0.05) is 21.8 Å². The van der Waals surface area contributed by atoms with Crippen molar-refractivity contribution in [2.24, 2.45) is 0 Å². The minimum absolute atomic E-state index is 0.324. The first-order chi connectivity index (χ1) is 9.26. The minimum Gasteiger partial charge on any atom is -0.309 e. The maximum absolute atomic E-state index is 4.24. The number of halogens is 1. The number of thiophene rings is 1. The summed E-state index contributed by atoms with van der Waals surface area (Å²) >= 11 is 6.94. The van der Waals surface area contributed by atoms with E-state index in [1.54, 1.807) is 11.3 Å². The highest BCUT2D eigenvalue weighted by atomic mass is 79.9. The van der Waals surface area contributed by atoms with Crippen LogP contribution in [0, 0.1) is 0 Å². The van der Waals surface area contributed by atoms with Gasteiger partial charge in [0.25, 0.3) is 0 Å². The Morgan fingerprint density at radius 3 is 2.89 bits per heavy atom. The van der Waals surface area contributed by atoms with Gasteiger partial charge in [-0.3, -0.25) is 0 Å². The number of nitrogens with one attached hydrogen (secondary N) is 1. The van der Waals surface area contributed by atoms with Crippen LogP contribution < -0.4 is 5.32 Å². The Morgan fingerprint density at radius 1 is 1.42 bits per heavy atom. The Labute approximate surface area is 130 Å². The Kier molecular flexibility index (Phi) is 5.94. The number of hydrogen-bond donors (Lipinski definition) is 1. The molecule has 0 saturated carbocycles. The lowest BCUT2D eigenvalue weighted by atomic mass is 10.1. The molecule has 19 heavy (non-hydrogen) atoms. The highest BCUT2D eigenvalue weighted by molar-refractivity contribution is 9.10. The van der Waals surface area contributed by atoms with Gasteiger partial charge in [-0.2, -0.15) is 0 Å². The van der Waals surface area contributed by atoms with Gasteiger partial charge in [-0.25, -0.2) is 0 Å². The molecule has 0 aromatic carbocycles. The Morgan fingerprint density at radius 2 is 2.26 bits per heavy atom. The molecule has 0 spiro atoms. The fourth-order valence-electron chi connectivity index (χ4n) is 1.96. The number of hydrogen-bond acceptors (Lipinski definition) is 5. The Balaban J connectivity index is 2.18. The third-order valence-corrected chi connectivity index (χ3v) is 5.79. The van der Waals surface area contributed by atoms with Gasteiger partial charge >= 0.3 is 0 Å². The Hall–Kier alpha value is -0.300. The second kappa shape index (κ2) is 7.47. The molecule has 1 unspecified atom stereocenters. The molecule has 2 aromatic rings. The highest BCUT2D eigenvalue weighted by Crippen LogP contribution is 2.30. The summed E-state index contributed by atoms with van der Waals surface area (Å²) in [7, 11) is 0. The normalized spacial score (nSPS) is 12.8. The molecule has 2 aromatic heterocycles. The highest BCUT2D eigenvalue weighted by Gasteiger charge is 2.19. The van der Waals surface area contributed by atoms with Crippen LogP contribution >= 0.6 is 38.8 Å². The summed E-state index contributed by atoms with van der Waals surface area (Å²) in [6, 6.07) is 2.44. The van der Waals surface area contributed by atoms with Crippen molar-refractivity contribution < 1.29 is 0 Å². The van der Waals surface area contributed by atoms with E-state index in [1.165, 1.54) is 25.8 Å². The van der Waals surface area contributed by atoms with Crippen molar-refractivity contribution >= 4 is 38.8 Å². The van der Waals surface area contributed by atoms with Crippen molar-refractivity contribution in [3.05, 3.63) is 31.4 Å². The van der Waals surface area contributed by atoms with E-state index >= 15 is 0 Å². The predicted molar refractivity (Wildman–Crippen MR) is 86.0 cm³/mol. The molecule has 3 nitrogen and oxygen atoms in total. The van der Waals surface area contributed by atoms with E-state index in [9.17, 15) is 0 Å². The van der Waals surface area contributed by atoms with E-state index in [2.05, 4.69) is 56.1 Å². The standard InChI is InChI=1S/C13H18BrN3S2/c1-3-6-15-11(8-12-9(14)5-7-18-12)13-10(4-2)16-17-19-13/h5,7,11,15H,3-4,6,8H2,1-2H3. The summed E-state index contributed by atoms with van der Waals surface area (Å²) < 4.78 is 5.32. The number of aromatic nitrogens is 2. The lowest BCUT2D eigenvalue weighted by molar-refractivity contribution is 0.534. The maximum Gasteiger partial charge on any atom is 0.0801 e. The van der Waals surface area contributed by atoms with E-state index in [0.29, 0.717) is 6.04 Å². The first-order valence-electron chi connectivity index (χ1n) is 6.52. The second-order valence-corrected chi connectivity index (χ2v) is 6.98. The van der Waals surface area contributed by atoms with Crippen LogP contribution in [0.2, 0.25) is 0 Å². The Bertz CT molecular complexity index is 509. The maximum atomic E-state index is 4.24. The van der Waals surface area contributed by atoms with Crippen molar-refractivity contribution in [2.75, 3.05) is 6.54 Å². The zero-order valence-corrected chi connectivity index (χ0v) is 14.4. The predicted octanol–water partition coefficient (Wildman–Crippen LogP) is 4.21. The van der Waals surface area contributed by atoms with Crippen LogP contribution in [0.3, 0.4) is 0 Å². The van der Waals surface area contributed by atoms with Crippen LogP contribution in [-0.4, -0.2) is 16.1 Å². The minimum atomic E-state index is 0.324. The van der Waals surface area contributed by atoms with E-state index in [0.717, 1.165) is 31.5 Å². The molecule has 0 fully saturated rings. The molecule has 0 aliphatic heterocycles. The number of rotatable bonds is 7. The molecule has 104 valence electrons. The lowest BCUT2D eigenvalue weighted by Gasteiger charge is -2.17. The molecule has 0 aliphatic carbocycles. The van der Waals surface area contributed by atoms with Crippen LogP contribution in [0.25, 0.3) is 0 Å². The SMILES string of the molecule is CCCNC(Cc1sccc1Br)c1snnc1CC. The summed E-state index contributed by atoms with van der Waals surface area (Å²) in [5, 5.41) is 9.99. The van der Waals surface area contributed by atoms with Gasteiger partial charge in [0.1, 0.15) is 0 Å². The van der Waals surface area contributed by atoms with Crippen LogP contribution in [0.1, 0.15) is 41.8 Å².